The van der Waals surface area contributed by atoms with Gasteiger partial charge in [0, 0.05) is 29.1 Å². The molecule has 1 aliphatic heterocycles. The Balaban J connectivity index is 0.000000545. The zero-order valence-corrected chi connectivity index (χ0v) is 13.2. The van der Waals surface area contributed by atoms with Crippen molar-refractivity contribution in [1.82, 2.24) is 4.90 Å². The highest BCUT2D eigenvalue weighted by Crippen LogP contribution is 2.26. The highest BCUT2D eigenvalue weighted by Gasteiger charge is 2.24. The Bertz CT molecular complexity index is 607. The summed E-state index contributed by atoms with van der Waals surface area (Å²) in [6, 6.07) is 10.7. The number of hydrogen-bond donors (Lipinski definition) is 1. The Labute approximate surface area is 133 Å². The first-order chi connectivity index (χ1) is 10.6. The molecule has 1 aliphatic rings. The van der Waals surface area contributed by atoms with Crippen molar-refractivity contribution in [2.75, 3.05) is 13.6 Å². The Morgan fingerprint density at radius 3 is 2.82 bits per heavy atom. The molecule has 0 bridgehead atoms. The molecule has 0 spiro atoms. The van der Waals surface area contributed by atoms with E-state index in [0.29, 0.717) is 6.42 Å². The fourth-order valence-corrected chi connectivity index (χ4v) is 3.65. The number of nitrogens with zero attached hydrogens (tertiary/aromatic N) is 1. The van der Waals surface area contributed by atoms with Gasteiger partial charge in [-0.2, -0.15) is 0 Å². The normalized spacial score (nSPS) is 17.2. The molecule has 0 amide bonds. The summed E-state index contributed by atoms with van der Waals surface area (Å²) >= 11 is 1.83. The van der Waals surface area contributed by atoms with Crippen LogP contribution in [0.2, 0.25) is 0 Å². The van der Waals surface area contributed by atoms with Gasteiger partial charge in [0.2, 0.25) is 0 Å². The van der Waals surface area contributed by atoms with Crippen molar-refractivity contribution in [3.8, 4) is 0 Å². The van der Waals surface area contributed by atoms with Gasteiger partial charge in [-0.1, -0.05) is 18.2 Å². The summed E-state index contributed by atoms with van der Waals surface area (Å²) in [6.45, 7) is 1.48. The molecule has 0 aliphatic carbocycles. The van der Waals surface area contributed by atoms with Crippen LogP contribution in [0.3, 0.4) is 0 Å². The molecule has 118 valence electrons. The first-order valence-corrected chi connectivity index (χ1v) is 7.87. The SMILES string of the molecule is CN(Cc1cc2ccccc2s1)CC1CCC(=O)O1.O=CO. The lowest BCUT2D eigenvalue weighted by Gasteiger charge is -2.19. The summed E-state index contributed by atoms with van der Waals surface area (Å²) in [6.07, 6.45) is 1.50. The number of carbonyl (C=O) groups excluding carboxylic acids is 1. The molecule has 6 heteroatoms. The second kappa shape index (κ2) is 7.91. The topological polar surface area (TPSA) is 66.8 Å². The number of likely N-dealkylation sites (N-methyl/N-ethyl adjacent to an activating group) is 1. The van der Waals surface area contributed by atoms with Crippen molar-refractivity contribution in [3.05, 3.63) is 35.2 Å². The fraction of sp³-hybridized carbons (Fsp3) is 0.375. The molecule has 0 radical (unpaired) electrons. The van der Waals surface area contributed by atoms with Crippen LogP contribution in [0.1, 0.15) is 17.7 Å². The van der Waals surface area contributed by atoms with Crippen molar-refractivity contribution in [3.63, 3.8) is 0 Å². The Morgan fingerprint density at radius 2 is 2.18 bits per heavy atom. The van der Waals surface area contributed by atoms with Crippen molar-refractivity contribution < 1.29 is 19.4 Å². The van der Waals surface area contributed by atoms with Gasteiger partial charge in [-0.3, -0.25) is 14.5 Å². The van der Waals surface area contributed by atoms with Crippen LogP contribution in [0, 0.1) is 0 Å². The van der Waals surface area contributed by atoms with Gasteiger partial charge >= 0.3 is 5.97 Å². The quantitative estimate of drug-likeness (QED) is 0.693. The van der Waals surface area contributed by atoms with E-state index in [4.69, 9.17) is 14.6 Å². The van der Waals surface area contributed by atoms with E-state index in [0.717, 1.165) is 19.5 Å². The molecule has 1 unspecified atom stereocenters. The summed E-state index contributed by atoms with van der Waals surface area (Å²) in [4.78, 5) is 23.0. The van der Waals surface area contributed by atoms with E-state index in [1.165, 1.54) is 15.0 Å². The van der Waals surface area contributed by atoms with E-state index in [9.17, 15) is 4.79 Å². The second-order valence-corrected chi connectivity index (χ2v) is 6.37. The van der Waals surface area contributed by atoms with Crippen molar-refractivity contribution in [2.24, 2.45) is 0 Å². The Kier molecular flexibility index (Phi) is 5.91. The zero-order valence-electron chi connectivity index (χ0n) is 12.4. The minimum atomic E-state index is -0.250. The maximum absolute atomic E-state index is 11.1. The van der Waals surface area contributed by atoms with Crippen LogP contribution in [0.4, 0.5) is 0 Å². The van der Waals surface area contributed by atoms with Gasteiger partial charge in [0.1, 0.15) is 6.10 Å². The molecule has 1 fully saturated rings. The first kappa shape index (κ1) is 16.5. The lowest BCUT2D eigenvalue weighted by molar-refractivity contribution is -0.141. The van der Waals surface area contributed by atoms with Crippen LogP contribution in [0.15, 0.2) is 30.3 Å². The number of carbonyl (C=O) groups is 2. The molecule has 2 aromatic rings. The first-order valence-electron chi connectivity index (χ1n) is 7.05. The third-order valence-corrected chi connectivity index (χ3v) is 4.49. The van der Waals surface area contributed by atoms with Gasteiger partial charge in [0.15, 0.2) is 0 Å². The summed E-state index contributed by atoms with van der Waals surface area (Å²) in [5.41, 5.74) is 0. The van der Waals surface area contributed by atoms with Crippen molar-refractivity contribution in [2.45, 2.75) is 25.5 Å². The molecule has 1 saturated heterocycles. The Morgan fingerprint density at radius 1 is 1.45 bits per heavy atom. The number of rotatable bonds is 4. The van der Waals surface area contributed by atoms with E-state index in [2.05, 4.69) is 42.3 Å². The zero-order chi connectivity index (χ0) is 15.9. The number of thiophene rings is 1. The van der Waals surface area contributed by atoms with Crippen LogP contribution in [0.25, 0.3) is 10.1 Å². The number of carboxylic acid groups (broad SMARTS) is 1. The summed E-state index contributed by atoms with van der Waals surface area (Å²) in [5, 5.41) is 8.20. The van der Waals surface area contributed by atoms with Gasteiger partial charge in [0.05, 0.1) is 0 Å². The van der Waals surface area contributed by atoms with E-state index >= 15 is 0 Å². The van der Waals surface area contributed by atoms with Gasteiger partial charge in [-0.25, -0.2) is 0 Å². The lowest BCUT2D eigenvalue weighted by atomic mass is 10.2. The van der Waals surface area contributed by atoms with E-state index in [1.54, 1.807) is 0 Å². The van der Waals surface area contributed by atoms with E-state index < -0.39 is 0 Å². The van der Waals surface area contributed by atoms with Crippen LogP contribution in [-0.2, 0) is 20.9 Å². The molecule has 5 nitrogen and oxygen atoms in total. The molecule has 1 aromatic carbocycles. The highest BCUT2D eigenvalue weighted by atomic mass is 32.1. The highest BCUT2D eigenvalue weighted by molar-refractivity contribution is 7.19. The third kappa shape index (κ3) is 4.54. The Hall–Kier alpha value is -1.92. The van der Waals surface area contributed by atoms with Crippen LogP contribution in [0.5, 0.6) is 0 Å². The molecule has 3 rings (SSSR count). The molecule has 1 atom stereocenters. The van der Waals surface area contributed by atoms with Gasteiger partial charge in [-0.15, -0.1) is 11.3 Å². The molecule has 22 heavy (non-hydrogen) atoms. The average Bonchev–Trinajstić information content (AvgIpc) is 3.05. The standard InChI is InChI=1S/C15H17NO2S.CH2O2/c1-16(9-12-6-7-15(17)18-12)10-13-8-11-4-2-3-5-14(11)19-13;2-1-3/h2-5,8,12H,6-7,9-10H2,1H3;1H,(H,2,3). The molecular formula is C16H19NO4S. The van der Waals surface area contributed by atoms with Gasteiger partial charge in [-0.05, 0) is 31.0 Å². The summed E-state index contributed by atoms with van der Waals surface area (Å²) < 4.78 is 6.58. The van der Waals surface area contributed by atoms with Gasteiger partial charge in [0.25, 0.3) is 6.47 Å². The molecule has 1 N–H and O–H groups in total. The van der Waals surface area contributed by atoms with E-state index in [1.807, 2.05) is 11.3 Å². The van der Waals surface area contributed by atoms with Crippen LogP contribution >= 0.6 is 11.3 Å². The number of cyclic esters (lactones) is 1. The lowest BCUT2D eigenvalue weighted by Crippen LogP contribution is -2.28. The molecule has 2 heterocycles. The monoisotopic (exact) mass is 321 g/mol. The van der Waals surface area contributed by atoms with E-state index in [-0.39, 0.29) is 18.5 Å². The summed E-state index contributed by atoms with van der Waals surface area (Å²) in [5.74, 6) is -0.0553. The number of fused-ring (bicyclic) bond motifs is 1. The molecular weight excluding hydrogens is 302 g/mol. The average molecular weight is 321 g/mol. The molecule has 1 aromatic heterocycles. The second-order valence-electron chi connectivity index (χ2n) is 5.20. The molecule has 0 saturated carbocycles. The number of benzene rings is 1. The number of esters is 1. The van der Waals surface area contributed by atoms with Crippen LogP contribution < -0.4 is 0 Å². The van der Waals surface area contributed by atoms with Crippen molar-refractivity contribution >= 4 is 33.9 Å². The minimum Gasteiger partial charge on any atom is -0.483 e. The predicted octanol–water partition coefficient (Wildman–Crippen LogP) is 2.74. The van der Waals surface area contributed by atoms with Crippen LogP contribution in [-0.4, -0.2) is 42.1 Å². The number of ether oxygens (including phenoxy) is 1. The maximum atomic E-state index is 11.1. The predicted molar refractivity (Wildman–Crippen MR) is 86.0 cm³/mol. The smallest absolute Gasteiger partial charge is 0.306 e. The largest absolute Gasteiger partial charge is 0.483 e. The fourth-order valence-electron chi connectivity index (χ4n) is 2.50. The maximum Gasteiger partial charge on any atom is 0.306 e. The number of hydrogen-bond acceptors (Lipinski definition) is 5. The minimum absolute atomic E-state index is 0.0553. The van der Waals surface area contributed by atoms with Gasteiger partial charge < -0.3 is 9.84 Å². The third-order valence-electron chi connectivity index (χ3n) is 3.39. The summed E-state index contributed by atoms with van der Waals surface area (Å²) in [7, 11) is 2.08. The van der Waals surface area contributed by atoms with Crippen molar-refractivity contribution in [1.29, 1.82) is 0 Å².